The van der Waals surface area contributed by atoms with Crippen LogP contribution in [-0.4, -0.2) is 67.7 Å². The van der Waals surface area contributed by atoms with E-state index < -0.39 is 34.0 Å². The summed E-state index contributed by atoms with van der Waals surface area (Å²) in [5, 5.41) is 12.0. The van der Waals surface area contributed by atoms with E-state index in [4.69, 9.17) is 4.74 Å². The predicted molar refractivity (Wildman–Crippen MR) is 136 cm³/mol. The number of carbonyl (C=O) groups excluding carboxylic acids is 2. The van der Waals surface area contributed by atoms with E-state index in [0.29, 0.717) is 26.9 Å². The highest BCUT2D eigenvalue weighted by molar-refractivity contribution is 7.93. The summed E-state index contributed by atoms with van der Waals surface area (Å²) in [5.41, 5.74) is -2.77. The molecule has 0 unspecified atom stereocenters. The summed E-state index contributed by atoms with van der Waals surface area (Å²) in [6, 6.07) is 3.94. The number of amides is 2. The minimum atomic E-state index is -4.81. The lowest BCUT2D eigenvalue weighted by Gasteiger charge is -2.35. The summed E-state index contributed by atoms with van der Waals surface area (Å²) < 4.78 is 80.2. The number of sulfonamides is 1. The monoisotopic (exact) mass is 576 g/mol. The maximum atomic E-state index is 13.9. The fourth-order valence-corrected chi connectivity index (χ4v) is 5.19. The van der Waals surface area contributed by atoms with E-state index in [0.717, 1.165) is 4.31 Å². The van der Waals surface area contributed by atoms with E-state index in [1.165, 1.54) is 36.0 Å². The lowest BCUT2D eigenvalue weighted by molar-refractivity contribution is -0.242. The van der Waals surface area contributed by atoms with Gasteiger partial charge >= 0.3 is 12.3 Å². The second kappa shape index (κ2) is 11.2. The molecule has 39 heavy (non-hydrogen) atoms. The maximum Gasteiger partial charge on any atom is 0.427 e. The van der Waals surface area contributed by atoms with Crippen LogP contribution in [0.2, 0.25) is 0 Å². The predicted octanol–water partition coefficient (Wildman–Crippen LogP) is 3.32. The number of alkyl halides is 3. The Bertz CT molecular complexity index is 1330. The van der Waals surface area contributed by atoms with Gasteiger partial charge in [-0.15, -0.1) is 0 Å². The minimum Gasteiger partial charge on any atom is -0.484 e. The highest BCUT2D eigenvalue weighted by Crippen LogP contribution is 2.40. The third-order valence-corrected chi connectivity index (χ3v) is 7.49. The summed E-state index contributed by atoms with van der Waals surface area (Å²) in [7, 11) is -4.28. The fourth-order valence-electron chi connectivity index (χ4n) is 3.58. The smallest absolute Gasteiger partial charge is 0.427 e. The Morgan fingerprint density at radius 1 is 1.23 bits per heavy atom. The van der Waals surface area contributed by atoms with Crippen LogP contribution in [0.15, 0.2) is 29.3 Å². The number of aromatic nitrogens is 2. The van der Waals surface area contributed by atoms with Gasteiger partial charge in [0.2, 0.25) is 11.5 Å². The highest BCUT2D eigenvalue weighted by Gasteiger charge is 2.51. The van der Waals surface area contributed by atoms with Crippen LogP contribution in [0.3, 0.4) is 0 Å². The molecule has 1 aromatic heterocycles. The lowest BCUT2D eigenvalue weighted by atomic mass is 10.1. The van der Waals surface area contributed by atoms with E-state index in [-0.39, 0.29) is 46.8 Å². The average Bonchev–Trinajstić information content (AvgIpc) is 3.25. The molecule has 0 fully saturated rings. The van der Waals surface area contributed by atoms with Crippen molar-refractivity contribution in [3.8, 4) is 5.75 Å². The molecule has 0 bridgehead atoms. The standard InChI is InChI=1S/C23H31F3N6O6S/c1-6-27-20-19(13-31(7-2)30-20)39(35,36)32-12-16(11-28-14(3)33)37-18-9-8-15(10-17(18)32)29-21(34)38-22(4,5)23(24,25)26/h8-10,13,16H,6-7,11-12H2,1-5H3,(H,27,30)(H,28,33)(H,29,34)/t16-/m0/s1. The van der Waals surface area contributed by atoms with Gasteiger partial charge < -0.3 is 20.1 Å². The van der Waals surface area contributed by atoms with Gasteiger partial charge in [-0.25, -0.2) is 13.2 Å². The molecule has 0 radical (unpaired) electrons. The van der Waals surface area contributed by atoms with Gasteiger partial charge in [0.25, 0.3) is 10.0 Å². The molecule has 0 spiro atoms. The van der Waals surface area contributed by atoms with Crippen molar-refractivity contribution >= 4 is 39.2 Å². The van der Waals surface area contributed by atoms with Gasteiger partial charge in [-0.2, -0.15) is 18.3 Å². The van der Waals surface area contributed by atoms with Gasteiger partial charge in [-0.3, -0.25) is 19.1 Å². The van der Waals surface area contributed by atoms with E-state index in [1.807, 2.05) is 0 Å². The number of rotatable bonds is 9. The van der Waals surface area contributed by atoms with Gasteiger partial charge in [0.05, 0.1) is 18.8 Å². The fraction of sp³-hybridized carbons (Fsp3) is 0.522. The second-order valence-electron chi connectivity index (χ2n) is 9.15. The van der Waals surface area contributed by atoms with Crippen LogP contribution in [0, 0.1) is 0 Å². The van der Waals surface area contributed by atoms with Crippen LogP contribution in [-0.2, 0) is 26.1 Å². The Morgan fingerprint density at radius 2 is 1.92 bits per heavy atom. The van der Waals surface area contributed by atoms with E-state index >= 15 is 0 Å². The van der Waals surface area contributed by atoms with Crippen LogP contribution >= 0.6 is 0 Å². The van der Waals surface area contributed by atoms with Crippen LogP contribution in [0.4, 0.5) is 35.2 Å². The molecule has 12 nitrogen and oxygen atoms in total. The van der Waals surface area contributed by atoms with Crippen molar-refractivity contribution in [3.05, 3.63) is 24.4 Å². The molecule has 1 aliphatic heterocycles. The van der Waals surface area contributed by atoms with Crippen LogP contribution in [0.5, 0.6) is 5.75 Å². The van der Waals surface area contributed by atoms with Gasteiger partial charge in [0.1, 0.15) is 16.7 Å². The van der Waals surface area contributed by atoms with E-state index in [9.17, 15) is 31.2 Å². The van der Waals surface area contributed by atoms with Crippen molar-refractivity contribution in [1.82, 2.24) is 15.1 Å². The van der Waals surface area contributed by atoms with Crippen LogP contribution in [0.25, 0.3) is 0 Å². The number of nitrogens with zero attached hydrogens (tertiary/aromatic N) is 3. The summed E-state index contributed by atoms with van der Waals surface area (Å²) in [5.74, 6) is -0.0852. The third kappa shape index (κ3) is 6.66. The first-order valence-electron chi connectivity index (χ1n) is 12.0. The third-order valence-electron chi connectivity index (χ3n) is 5.71. The average molecular weight is 577 g/mol. The molecule has 2 heterocycles. The summed E-state index contributed by atoms with van der Waals surface area (Å²) in [6.07, 6.45) is -5.58. The number of aryl methyl sites for hydroxylation is 1. The Hall–Kier alpha value is -3.69. The number of nitrogens with one attached hydrogen (secondary N) is 3. The molecule has 1 aromatic carbocycles. The first-order valence-corrected chi connectivity index (χ1v) is 13.5. The molecule has 0 saturated heterocycles. The molecule has 0 saturated carbocycles. The molecule has 3 N–H and O–H groups in total. The zero-order valence-corrected chi connectivity index (χ0v) is 22.9. The van der Waals surface area contributed by atoms with Crippen LogP contribution in [0.1, 0.15) is 34.6 Å². The normalized spacial score (nSPS) is 15.7. The summed E-state index contributed by atoms with van der Waals surface area (Å²) in [6.45, 7) is 6.90. The van der Waals surface area contributed by atoms with Crippen molar-refractivity contribution < 1.29 is 40.7 Å². The molecule has 216 valence electrons. The summed E-state index contributed by atoms with van der Waals surface area (Å²) >= 11 is 0. The van der Waals surface area contributed by atoms with Crippen molar-refractivity contribution in [1.29, 1.82) is 0 Å². The molecule has 2 amide bonds. The molecule has 2 aromatic rings. The van der Waals surface area contributed by atoms with Crippen molar-refractivity contribution in [2.45, 2.75) is 63.9 Å². The number of fused-ring (bicyclic) bond motifs is 1. The lowest BCUT2D eigenvalue weighted by Crippen LogP contribution is -2.48. The van der Waals surface area contributed by atoms with Gasteiger partial charge in [0.15, 0.2) is 5.82 Å². The zero-order chi connectivity index (χ0) is 29.2. The Labute approximate surface area is 223 Å². The number of halogens is 3. The molecule has 16 heteroatoms. The van der Waals surface area contributed by atoms with Crippen LogP contribution < -0.4 is 25.0 Å². The van der Waals surface area contributed by atoms with Gasteiger partial charge in [-0.05, 0) is 45.9 Å². The SMILES string of the molecule is CCNc1nn(CC)cc1S(=O)(=O)N1C[C@H](CNC(C)=O)Oc2ccc(NC(=O)OC(C)(C)C(F)(F)F)cc21. The van der Waals surface area contributed by atoms with Crippen molar-refractivity contribution in [2.24, 2.45) is 0 Å². The van der Waals surface area contributed by atoms with Crippen molar-refractivity contribution in [2.75, 3.05) is 34.6 Å². The minimum absolute atomic E-state index is 0.00787. The number of hydrogen-bond acceptors (Lipinski definition) is 8. The summed E-state index contributed by atoms with van der Waals surface area (Å²) in [4.78, 5) is 23.6. The Morgan fingerprint density at radius 3 is 2.51 bits per heavy atom. The van der Waals surface area contributed by atoms with Gasteiger partial charge in [-0.1, -0.05) is 0 Å². The number of carbonyl (C=O) groups is 2. The Balaban J connectivity index is 2.01. The first kappa shape index (κ1) is 29.9. The quantitative estimate of drug-likeness (QED) is 0.413. The molecule has 1 atom stereocenters. The van der Waals surface area contributed by atoms with E-state index in [1.54, 1.807) is 13.8 Å². The zero-order valence-electron chi connectivity index (χ0n) is 22.0. The maximum absolute atomic E-state index is 13.9. The van der Waals surface area contributed by atoms with E-state index in [2.05, 4.69) is 25.8 Å². The highest BCUT2D eigenvalue weighted by atomic mass is 32.2. The van der Waals surface area contributed by atoms with Gasteiger partial charge in [0, 0.05) is 31.9 Å². The second-order valence-corrected chi connectivity index (χ2v) is 11.0. The molecule has 1 aliphatic rings. The largest absolute Gasteiger partial charge is 0.484 e. The number of benzene rings is 1. The molecular formula is C23H31F3N6O6S. The molecule has 0 aliphatic carbocycles. The number of hydrogen-bond donors (Lipinski definition) is 3. The molecule has 3 rings (SSSR count). The Kier molecular flexibility index (Phi) is 8.57. The van der Waals surface area contributed by atoms with Crippen molar-refractivity contribution in [3.63, 3.8) is 0 Å². The topological polar surface area (TPSA) is 144 Å². The number of anilines is 3. The first-order chi connectivity index (χ1) is 18.1. The molecular weight excluding hydrogens is 545 g/mol. The number of ether oxygens (including phenoxy) is 2.